The maximum atomic E-state index is 5.90. The fraction of sp³-hybridized carbons (Fsp3) is 0.615. The zero-order chi connectivity index (χ0) is 12.0. The Bertz CT molecular complexity index is 312. The second kappa shape index (κ2) is 6.48. The number of aromatic nitrogens is 1. The molecule has 0 spiro atoms. The molecule has 3 N–H and O–H groups in total. The van der Waals surface area contributed by atoms with Crippen LogP contribution >= 0.6 is 0 Å². The van der Waals surface area contributed by atoms with Crippen molar-refractivity contribution in [1.82, 2.24) is 10.3 Å². The molecule has 0 aliphatic rings. The van der Waals surface area contributed by atoms with Gasteiger partial charge in [0.15, 0.2) is 0 Å². The number of rotatable bonds is 6. The Morgan fingerprint density at radius 1 is 1.44 bits per heavy atom. The third-order valence-corrected chi connectivity index (χ3v) is 2.82. The Morgan fingerprint density at radius 3 is 2.81 bits per heavy atom. The minimum absolute atomic E-state index is 0.567. The molecular formula is C13H23N3. The Balaban J connectivity index is 2.45. The van der Waals surface area contributed by atoms with Gasteiger partial charge in [-0.05, 0) is 43.9 Å². The van der Waals surface area contributed by atoms with Crippen molar-refractivity contribution in [3.05, 3.63) is 24.0 Å². The fourth-order valence-corrected chi connectivity index (χ4v) is 2.10. The quantitative estimate of drug-likeness (QED) is 0.774. The van der Waals surface area contributed by atoms with Gasteiger partial charge < -0.3 is 11.1 Å². The van der Waals surface area contributed by atoms with E-state index in [0.717, 1.165) is 18.7 Å². The number of pyridine rings is 1. The van der Waals surface area contributed by atoms with Crippen LogP contribution < -0.4 is 11.1 Å². The van der Waals surface area contributed by atoms with E-state index in [0.29, 0.717) is 12.0 Å². The summed E-state index contributed by atoms with van der Waals surface area (Å²) in [7, 11) is 0. The molecule has 90 valence electrons. The summed E-state index contributed by atoms with van der Waals surface area (Å²) in [5.74, 6) is 0.626. The fourth-order valence-electron chi connectivity index (χ4n) is 2.10. The van der Waals surface area contributed by atoms with Gasteiger partial charge in [-0.1, -0.05) is 13.8 Å². The van der Waals surface area contributed by atoms with Crippen molar-refractivity contribution in [3.8, 4) is 0 Å². The highest BCUT2D eigenvalue weighted by Crippen LogP contribution is 2.17. The van der Waals surface area contributed by atoms with E-state index in [4.69, 9.17) is 5.73 Å². The monoisotopic (exact) mass is 221 g/mol. The van der Waals surface area contributed by atoms with Crippen LogP contribution in [0.15, 0.2) is 18.5 Å². The molecule has 1 aromatic rings. The van der Waals surface area contributed by atoms with E-state index < -0.39 is 0 Å². The number of nitrogen functional groups attached to an aromatic ring is 1. The molecule has 0 saturated carbocycles. The van der Waals surface area contributed by atoms with Crippen LogP contribution in [-0.2, 0) is 6.42 Å². The number of nitrogens with two attached hydrogens (primary N) is 1. The second-order valence-electron chi connectivity index (χ2n) is 4.58. The third kappa shape index (κ3) is 4.19. The summed E-state index contributed by atoms with van der Waals surface area (Å²) >= 11 is 0. The smallest absolute Gasteiger partial charge is 0.0377 e. The zero-order valence-electron chi connectivity index (χ0n) is 10.5. The van der Waals surface area contributed by atoms with Gasteiger partial charge in [0.25, 0.3) is 0 Å². The molecule has 0 amide bonds. The standard InChI is InChI=1S/C13H23N3/c1-4-16-11(3)7-10(2)8-12-9-15-6-5-13(12)14/h5-6,9-11,16H,4,7-8H2,1-3H3,(H2,14,15). The molecule has 1 heterocycles. The van der Waals surface area contributed by atoms with Gasteiger partial charge in [0.2, 0.25) is 0 Å². The van der Waals surface area contributed by atoms with Crippen LogP contribution in [0.3, 0.4) is 0 Å². The summed E-state index contributed by atoms with van der Waals surface area (Å²) in [6.07, 6.45) is 5.80. The molecule has 0 bridgehead atoms. The first-order chi connectivity index (χ1) is 7.63. The van der Waals surface area contributed by atoms with Gasteiger partial charge in [0.05, 0.1) is 0 Å². The van der Waals surface area contributed by atoms with Crippen LogP contribution in [0.4, 0.5) is 5.69 Å². The number of nitrogens with zero attached hydrogens (tertiary/aromatic N) is 1. The summed E-state index contributed by atoms with van der Waals surface area (Å²) in [4.78, 5) is 4.12. The van der Waals surface area contributed by atoms with Crippen LogP contribution in [0.1, 0.15) is 32.8 Å². The average molecular weight is 221 g/mol. The molecule has 16 heavy (non-hydrogen) atoms. The molecule has 2 unspecified atom stereocenters. The lowest BCUT2D eigenvalue weighted by Crippen LogP contribution is -2.27. The average Bonchev–Trinajstić information content (AvgIpc) is 2.21. The first-order valence-electron chi connectivity index (χ1n) is 6.05. The zero-order valence-corrected chi connectivity index (χ0v) is 10.5. The topological polar surface area (TPSA) is 50.9 Å². The summed E-state index contributed by atoms with van der Waals surface area (Å²) in [6, 6.07) is 2.44. The number of anilines is 1. The Labute approximate surface area is 98.5 Å². The van der Waals surface area contributed by atoms with Crippen molar-refractivity contribution in [1.29, 1.82) is 0 Å². The summed E-state index contributed by atoms with van der Waals surface area (Å²) in [5.41, 5.74) is 7.93. The van der Waals surface area contributed by atoms with Crippen molar-refractivity contribution >= 4 is 5.69 Å². The van der Waals surface area contributed by atoms with Gasteiger partial charge in [0.1, 0.15) is 0 Å². The Hall–Kier alpha value is -1.09. The lowest BCUT2D eigenvalue weighted by molar-refractivity contribution is 0.426. The van der Waals surface area contributed by atoms with Crippen LogP contribution in [0.5, 0.6) is 0 Å². The minimum Gasteiger partial charge on any atom is -0.398 e. The summed E-state index contributed by atoms with van der Waals surface area (Å²) in [6.45, 7) is 7.66. The van der Waals surface area contributed by atoms with Gasteiger partial charge in [-0.25, -0.2) is 0 Å². The van der Waals surface area contributed by atoms with E-state index in [9.17, 15) is 0 Å². The van der Waals surface area contributed by atoms with Crippen molar-refractivity contribution in [2.45, 2.75) is 39.7 Å². The Morgan fingerprint density at radius 2 is 2.19 bits per heavy atom. The number of hydrogen-bond donors (Lipinski definition) is 2. The van der Waals surface area contributed by atoms with E-state index in [1.165, 1.54) is 12.0 Å². The van der Waals surface area contributed by atoms with Crippen molar-refractivity contribution in [2.75, 3.05) is 12.3 Å². The van der Waals surface area contributed by atoms with E-state index in [1.54, 1.807) is 6.20 Å². The third-order valence-electron chi connectivity index (χ3n) is 2.82. The highest BCUT2D eigenvalue weighted by atomic mass is 14.9. The largest absolute Gasteiger partial charge is 0.398 e. The molecule has 0 saturated heterocycles. The van der Waals surface area contributed by atoms with Crippen molar-refractivity contribution in [3.63, 3.8) is 0 Å². The van der Waals surface area contributed by atoms with Crippen LogP contribution in [0, 0.1) is 5.92 Å². The van der Waals surface area contributed by atoms with Crippen LogP contribution in [0.2, 0.25) is 0 Å². The Kier molecular flexibility index (Phi) is 5.26. The molecule has 2 atom stereocenters. The van der Waals surface area contributed by atoms with E-state index in [2.05, 4.69) is 31.1 Å². The molecule has 1 rings (SSSR count). The lowest BCUT2D eigenvalue weighted by atomic mass is 9.95. The number of hydrogen-bond acceptors (Lipinski definition) is 3. The minimum atomic E-state index is 0.567. The highest BCUT2D eigenvalue weighted by Gasteiger charge is 2.10. The first kappa shape index (κ1) is 13.0. The van der Waals surface area contributed by atoms with Crippen LogP contribution in [-0.4, -0.2) is 17.6 Å². The number of nitrogens with one attached hydrogen (secondary N) is 1. The second-order valence-corrected chi connectivity index (χ2v) is 4.58. The SMILES string of the molecule is CCNC(C)CC(C)Cc1cnccc1N. The van der Waals surface area contributed by atoms with Gasteiger partial charge >= 0.3 is 0 Å². The molecule has 0 aliphatic heterocycles. The van der Waals surface area contributed by atoms with Gasteiger partial charge in [0, 0.05) is 24.1 Å². The van der Waals surface area contributed by atoms with E-state index >= 15 is 0 Å². The normalized spacial score (nSPS) is 14.7. The molecule has 0 aliphatic carbocycles. The molecule has 3 nitrogen and oxygen atoms in total. The van der Waals surface area contributed by atoms with Gasteiger partial charge in [-0.15, -0.1) is 0 Å². The summed E-state index contributed by atoms with van der Waals surface area (Å²) < 4.78 is 0. The van der Waals surface area contributed by atoms with E-state index in [1.807, 2.05) is 12.3 Å². The molecule has 1 aromatic heterocycles. The molecular weight excluding hydrogens is 198 g/mol. The molecule has 0 fully saturated rings. The first-order valence-corrected chi connectivity index (χ1v) is 6.05. The summed E-state index contributed by atoms with van der Waals surface area (Å²) in [5, 5.41) is 3.43. The van der Waals surface area contributed by atoms with Crippen LogP contribution in [0.25, 0.3) is 0 Å². The predicted molar refractivity (Wildman–Crippen MR) is 69.3 cm³/mol. The maximum absolute atomic E-state index is 5.90. The highest BCUT2D eigenvalue weighted by molar-refractivity contribution is 5.44. The molecule has 0 aromatic carbocycles. The predicted octanol–water partition coefficient (Wildman–Crippen LogP) is 2.23. The van der Waals surface area contributed by atoms with Crippen molar-refractivity contribution in [2.24, 2.45) is 5.92 Å². The van der Waals surface area contributed by atoms with Crippen molar-refractivity contribution < 1.29 is 0 Å². The lowest BCUT2D eigenvalue weighted by Gasteiger charge is -2.18. The molecule has 3 heteroatoms. The van der Waals surface area contributed by atoms with Gasteiger partial charge in [-0.2, -0.15) is 0 Å². The van der Waals surface area contributed by atoms with Gasteiger partial charge in [-0.3, -0.25) is 4.98 Å². The van der Waals surface area contributed by atoms with E-state index in [-0.39, 0.29) is 0 Å². The molecule has 0 radical (unpaired) electrons. The maximum Gasteiger partial charge on any atom is 0.0377 e.